The number of thioether (sulfide) groups is 1. The molecule has 10 heteroatoms. The Bertz CT molecular complexity index is 703. The highest BCUT2D eigenvalue weighted by Gasteiger charge is 2.64. The minimum absolute atomic E-state index is 0.111. The van der Waals surface area contributed by atoms with Gasteiger partial charge < -0.3 is 19.8 Å². The van der Waals surface area contributed by atoms with Gasteiger partial charge in [-0.25, -0.2) is 4.79 Å². The smallest absolute Gasteiger partial charge is 0.327 e. The van der Waals surface area contributed by atoms with Crippen LogP contribution in [0.1, 0.15) is 32.5 Å². The second kappa shape index (κ2) is 5.76. The molecule has 0 saturated carbocycles. The van der Waals surface area contributed by atoms with Gasteiger partial charge >= 0.3 is 5.97 Å². The predicted octanol–water partition coefficient (Wildman–Crippen LogP) is -0.194. The van der Waals surface area contributed by atoms with Gasteiger partial charge in [-0.15, -0.1) is 11.8 Å². The van der Waals surface area contributed by atoms with Gasteiger partial charge in [0.05, 0.1) is 0 Å². The Labute approximate surface area is 142 Å². The van der Waals surface area contributed by atoms with E-state index < -0.39 is 28.7 Å². The van der Waals surface area contributed by atoms with Crippen LogP contribution in [0.5, 0.6) is 0 Å². The molecule has 2 amide bonds. The minimum atomic E-state index is -1.04. The molecule has 3 rings (SSSR count). The molecule has 0 aliphatic carbocycles. The number of fused-ring (bicyclic) bond motifs is 1. The molecule has 0 aromatic carbocycles. The number of β-lactam (4-membered cyclic amide) rings is 1. The number of nitrogens with zero attached hydrogens (tertiary/aromatic N) is 3. The van der Waals surface area contributed by atoms with Crippen molar-refractivity contribution in [2.24, 2.45) is 0 Å². The van der Waals surface area contributed by atoms with Crippen LogP contribution in [-0.4, -0.2) is 60.1 Å². The quantitative estimate of drug-likeness (QED) is 0.697. The molecule has 2 fully saturated rings. The van der Waals surface area contributed by atoms with Crippen LogP contribution in [0.25, 0.3) is 0 Å². The van der Waals surface area contributed by atoms with E-state index in [9.17, 15) is 19.5 Å². The van der Waals surface area contributed by atoms with Crippen LogP contribution in [0.4, 0.5) is 0 Å². The standard InChI is InChI=1S/C14H18N4O5S/c1-4-6-15-8(23-17-6)5-7(19)16-9-11(20)18-10(13(21)22)14(2,3)24-12(9)18/h9-10,12H,4-5H2,1-3H3,(H,16,19)(H,21,22)/t9-,10+,12-/m1/s1. The van der Waals surface area contributed by atoms with Crippen LogP contribution < -0.4 is 5.32 Å². The van der Waals surface area contributed by atoms with E-state index in [1.165, 1.54) is 16.7 Å². The number of hydrogen-bond donors (Lipinski definition) is 2. The third-order valence-corrected chi connectivity index (χ3v) is 5.70. The third-order valence-electron chi connectivity index (χ3n) is 4.13. The number of hydrogen-bond acceptors (Lipinski definition) is 7. The molecule has 3 heterocycles. The highest BCUT2D eigenvalue weighted by molar-refractivity contribution is 8.01. The van der Waals surface area contributed by atoms with Crippen molar-refractivity contribution in [2.75, 3.05) is 0 Å². The van der Waals surface area contributed by atoms with Crippen LogP contribution in [0.2, 0.25) is 0 Å². The Hall–Kier alpha value is -2.10. The second-order valence-electron chi connectivity index (χ2n) is 6.28. The molecule has 2 aliphatic heterocycles. The van der Waals surface area contributed by atoms with E-state index in [0.717, 1.165) is 0 Å². The van der Waals surface area contributed by atoms with Crippen LogP contribution in [0, 0.1) is 0 Å². The van der Waals surface area contributed by atoms with Crippen molar-refractivity contribution in [2.45, 2.75) is 55.8 Å². The van der Waals surface area contributed by atoms with Gasteiger partial charge in [0.15, 0.2) is 5.82 Å². The van der Waals surface area contributed by atoms with E-state index >= 15 is 0 Å². The summed E-state index contributed by atoms with van der Waals surface area (Å²) >= 11 is 1.38. The number of carbonyl (C=O) groups excluding carboxylic acids is 2. The van der Waals surface area contributed by atoms with E-state index in [1.807, 2.05) is 6.92 Å². The molecule has 1 aromatic heterocycles. The maximum Gasteiger partial charge on any atom is 0.327 e. The SMILES string of the molecule is CCc1noc(CC(=O)N[C@@H]2C(=O)N3[C@@H]2SC(C)(C)[C@@H]3C(=O)O)n1. The average Bonchev–Trinajstić information content (AvgIpc) is 3.04. The number of carbonyl (C=O) groups is 3. The van der Waals surface area contributed by atoms with Crippen LogP contribution >= 0.6 is 11.8 Å². The fourth-order valence-electron chi connectivity index (χ4n) is 3.01. The molecule has 2 saturated heterocycles. The zero-order chi connectivity index (χ0) is 17.6. The van der Waals surface area contributed by atoms with Gasteiger partial charge in [-0.05, 0) is 13.8 Å². The number of carboxylic acid groups (broad SMARTS) is 1. The first-order valence-corrected chi connectivity index (χ1v) is 8.46. The van der Waals surface area contributed by atoms with E-state index in [2.05, 4.69) is 15.5 Å². The predicted molar refractivity (Wildman–Crippen MR) is 83.0 cm³/mol. The topological polar surface area (TPSA) is 126 Å². The lowest BCUT2D eigenvalue weighted by Crippen LogP contribution is -2.70. The molecule has 0 spiro atoms. The molecule has 2 N–H and O–H groups in total. The molecular formula is C14H18N4O5S. The number of rotatable bonds is 5. The largest absolute Gasteiger partial charge is 0.480 e. The first-order valence-electron chi connectivity index (χ1n) is 7.58. The highest BCUT2D eigenvalue weighted by Crippen LogP contribution is 2.50. The van der Waals surface area contributed by atoms with Crippen LogP contribution in [0.15, 0.2) is 4.52 Å². The van der Waals surface area contributed by atoms with Crippen molar-refractivity contribution < 1.29 is 24.0 Å². The van der Waals surface area contributed by atoms with Crippen molar-refractivity contribution in [3.8, 4) is 0 Å². The van der Waals surface area contributed by atoms with Crippen molar-refractivity contribution in [3.05, 3.63) is 11.7 Å². The summed E-state index contributed by atoms with van der Waals surface area (Å²) in [6.07, 6.45) is 0.492. The summed E-state index contributed by atoms with van der Waals surface area (Å²) in [5, 5.41) is 15.3. The lowest BCUT2D eigenvalue weighted by Gasteiger charge is -2.43. The molecule has 1 aromatic rings. The maximum absolute atomic E-state index is 12.3. The summed E-state index contributed by atoms with van der Waals surface area (Å²) in [4.78, 5) is 41.2. The molecule has 3 atom stereocenters. The molecule has 130 valence electrons. The van der Waals surface area contributed by atoms with Gasteiger partial charge in [0.25, 0.3) is 0 Å². The zero-order valence-corrected chi connectivity index (χ0v) is 14.3. The van der Waals surface area contributed by atoms with Gasteiger partial charge in [0.1, 0.15) is 23.9 Å². The zero-order valence-electron chi connectivity index (χ0n) is 13.5. The summed E-state index contributed by atoms with van der Waals surface area (Å²) in [5.41, 5.74) is 0. The number of aromatic nitrogens is 2. The van der Waals surface area contributed by atoms with Gasteiger partial charge in [0.2, 0.25) is 17.7 Å². The lowest BCUT2D eigenvalue weighted by molar-refractivity contribution is -0.161. The average molecular weight is 354 g/mol. The van der Waals surface area contributed by atoms with Crippen LogP contribution in [-0.2, 0) is 27.2 Å². The van der Waals surface area contributed by atoms with Crippen LogP contribution in [0.3, 0.4) is 0 Å². The summed E-state index contributed by atoms with van der Waals surface area (Å²) in [5.74, 6) is -1.11. The molecule has 0 radical (unpaired) electrons. The Morgan fingerprint density at radius 3 is 2.75 bits per heavy atom. The lowest BCUT2D eigenvalue weighted by atomic mass is 9.96. The fourth-order valence-corrected chi connectivity index (χ4v) is 4.64. The minimum Gasteiger partial charge on any atom is -0.480 e. The maximum atomic E-state index is 12.3. The van der Waals surface area contributed by atoms with Gasteiger partial charge in [-0.3, -0.25) is 9.59 Å². The number of nitrogens with one attached hydrogen (secondary N) is 1. The number of aryl methyl sites for hydroxylation is 1. The van der Waals surface area contributed by atoms with Gasteiger partial charge in [0, 0.05) is 11.2 Å². The monoisotopic (exact) mass is 354 g/mol. The third kappa shape index (κ3) is 2.64. The number of aliphatic carboxylic acids is 1. The number of carboxylic acids is 1. The Morgan fingerprint density at radius 1 is 1.46 bits per heavy atom. The van der Waals surface area contributed by atoms with Crippen molar-refractivity contribution in [3.63, 3.8) is 0 Å². The summed E-state index contributed by atoms with van der Waals surface area (Å²) in [7, 11) is 0. The van der Waals surface area contributed by atoms with E-state index in [-0.39, 0.29) is 23.6 Å². The van der Waals surface area contributed by atoms with Gasteiger partial charge in [-0.2, -0.15) is 4.98 Å². The molecule has 24 heavy (non-hydrogen) atoms. The van der Waals surface area contributed by atoms with E-state index in [4.69, 9.17) is 4.52 Å². The molecule has 0 bridgehead atoms. The Morgan fingerprint density at radius 2 is 2.17 bits per heavy atom. The summed E-state index contributed by atoms with van der Waals surface area (Å²) in [6.45, 7) is 5.44. The summed E-state index contributed by atoms with van der Waals surface area (Å²) in [6, 6.07) is -1.61. The van der Waals surface area contributed by atoms with E-state index in [0.29, 0.717) is 12.2 Å². The summed E-state index contributed by atoms with van der Waals surface area (Å²) < 4.78 is 4.34. The highest BCUT2D eigenvalue weighted by atomic mass is 32.2. The van der Waals surface area contributed by atoms with E-state index in [1.54, 1.807) is 13.8 Å². The Balaban J connectivity index is 1.64. The van der Waals surface area contributed by atoms with Crippen molar-refractivity contribution >= 4 is 29.5 Å². The van der Waals surface area contributed by atoms with Crippen molar-refractivity contribution in [1.29, 1.82) is 0 Å². The molecular weight excluding hydrogens is 336 g/mol. The van der Waals surface area contributed by atoms with Gasteiger partial charge in [-0.1, -0.05) is 12.1 Å². The number of amides is 2. The second-order valence-corrected chi connectivity index (χ2v) is 8.05. The molecule has 0 unspecified atom stereocenters. The molecule has 2 aliphatic rings. The normalized spacial score (nSPS) is 27.5. The fraction of sp³-hybridized carbons (Fsp3) is 0.643. The van der Waals surface area contributed by atoms with Crippen molar-refractivity contribution in [1.82, 2.24) is 20.4 Å². The first kappa shape index (κ1) is 16.7. The molecule has 9 nitrogen and oxygen atoms in total. The Kier molecular flexibility index (Phi) is 4.02. The first-order chi connectivity index (χ1) is 11.2.